The molecule has 2 rings (SSSR count). The maximum atomic E-state index is 12.8. The average Bonchev–Trinajstić information content (AvgIpc) is 2.54. The van der Waals surface area contributed by atoms with E-state index >= 15 is 0 Å². The molecule has 0 saturated carbocycles. The van der Waals surface area contributed by atoms with Gasteiger partial charge in [0.2, 0.25) is 0 Å². The highest BCUT2D eigenvalue weighted by Crippen LogP contribution is 2.35. The summed E-state index contributed by atoms with van der Waals surface area (Å²) >= 11 is 3.54. The van der Waals surface area contributed by atoms with Gasteiger partial charge in [0.25, 0.3) is 0 Å². The van der Waals surface area contributed by atoms with Crippen LogP contribution in [-0.2, 0) is 13.0 Å². The highest BCUT2D eigenvalue weighted by molar-refractivity contribution is 9.10. The topological polar surface area (TPSA) is 30.5 Å². The van der Waals surface area contributed by atoms with E-state index in [2.05, 4.69) is 21.2 Å². The molecule has 0 bridgehead atoms. The summed E-state index contributed by atoms with van der Waals surface area (Å²) in [5.41, 5.74) is 2.12. The van der Waals surface area contributed by atoms with Gasteiger partial charge < -0.3 is 14.8 Å². The summed E-state index contributed by atoms with van der Waals surface area (Å²) in [5.74, 6) is 1.23. The van der Waals surface area contributed by atoms with Crippen molar-refractivity contribution < 1.29 is 13.9 Å². The van der Waals surface area contributed by atoms with Gasteiger partial charge in [0.15, 0.2) is 11.5 Å². The van der Waals surface area contributed by atoms with Gasteiger partial charge in [-0.2, -0.15) is 0 Å². The van der Waals surface area contributed by atoms with Gasteiger partial charge in [-0.25, -0.2) is 4.39 Å². The molecular formula is C17H19BrFNO2. The van der Waals surface area contributed by atoms with Crippen molar-refractivity contribution in [3.63, 3.8) is 0 Å². The molecule has 1 N–H and O–H groups in total. The number of halogens is 2. The van der Waals surface area contributed by atoms with Gasteiger partial charge in [-0.1, -0.05) is 28.1 Å². The summed E-state index contributed by atoms with van der Waals surface area (Å²) in [6.45, 7) is 1.45. The van der Waals surface area contributed by atoms with E-state index in [0.29, 0.717) is 12.3 Å². The summed E-state index contributed by atoms with van der Waals surface area (Å²) in [6.07, 6.45) is 0.837. The lowest BCUT2D eigenvalue weighted by Crippen LogP contribution is -2.17. The van der Waals surface area contributed by atoms with Crippen molar-refractivity contribution in [2.45, 2.75) is 13.0 Å². The standard InChI is InChI=1S/C17H19BrFNO2/c1-21-16-8-7-15(18)14(17(16)22-2)11-20-10-9-12-3-5-13(19)6-4-12/h3-8,20H,9-11H2,1-2H3. The fourth-order valence-corrected chi connectivity index (χ4v) is 2.68. The summed E-state index contributed by atoms with van der Waals surface area (Å²) in [5, 5.41) is 3.37. The molecule has 22 heavy (non-hydrogen) atoms. The highest BCUT2D eigenvalue weighted by Gasteiger charge is 2.13. The van der Waals surface area contributed by atoms with Gasteiger partial charge >= 0.3 is 0 Å². The van der Waals surface area contributed by atoms with E-state index in [1.54, 1.807) is 26.4 Å². The third-order valence-electron chi connectivity index (χ3n) is 3.40. The van der Waals surface area contributed by atoms with Crippen LogP contribution in [0.1, 0.15) is 11.1 Å². The van der Waals surface area contributed by atoms with Crippen LogP contribution in [0.4, 0.5) is 4.39 Å². The molecule has 5 heteroatoms. The lowest BCUT2D eigenvalue weighted by atomic mass is 10.1. The molecule has 0 aliphatic rings. The minimum absolute atomic E-state index is 0.207. The fraction of sp³-hybridized carbons (Fsp3) is 0.294. The predicted octanol–water partition coefficient (Wildman–Crippen LogP) is 3.94. The van der Waals surface area contributed by atoms with E-state index in [0.717, 1.165) is 34.3 Å². The van der Waals surface area contributed by atoms with Gasteiger partial charge in [-0.3, -0.25) is 0 Å². The SMILES string of the molecule is COc1ccc(Br)c(CNCCc2ccc(F)cc2)c1OC. The molecule has 0 spiro atoms. The molecule has 118 valence electrons. The summed E-state index contributed by atoms with van der Waals surface area (Å²) in [7, 11) is 3.25. The van der Waals surface area contributed by atoms with Crippen LogP contribution in [0.3, 0.4) is 0 Å². The molecule has 0 amide bonds. The lowest BCUT2D eigenvalue weighted by Gasteiger charge is -2.15. The van der Waals surface area contributed by atoms with Crippen molar-refractivity contribution in [3.05, 3.63) is 57.8 Å². The van der Waals surface area contributed by atoms with Crippen LogP contribution in [0.25, 0.3) is 0 Å². The number of hydrogen-bond acceptors (Lipinski definition) is 3. The number of rotatable bonds is 7. The quantitative estimate of drug-likeness (QED) is 0.751. The molecule has 0 heterocycles. The van der Waals surface area contributed by atoms with E-state index in [9.17, 15) is 4.39 Å². The Balaban J connectivity index is 1.95. The normalized spacial score (nSPS) is 10.5. The van der Waals surface area contributed by atoms with Crippen LogP contribution in [0.2, 0.25) is 0 Å². The minimum Gasteiger partial charge on any atom is -0.493 e. The predicted molar refractivity (Wildman–Crippen MR) is 89.1 cm³/mol. The Morgan fingerprint density at radius 1 is 1.05 bits per heavy atom. The first-order valence-corrected chi connectivity index (χ1v) is 7.79. The van der Waals surface area contributed by atoms with Crippen LogP contribution in [0, 0.1) is 5.82 Å². The van der Waals surface area contributed by atoms with Crippen LogP contribution < -0.4 is 14.8 Å². The van der Waals surface area contributed by atoms with Crippen molar-refractivity contribution >= 4 is 15.9 Å². The Labute approximate surface area is 138 Å². The second-order valence-corrected chi connectivity index (χ2v) is 5.67. The minimum atomic E-state index is -0.207. The molecular weight excluding hydrogens is 349 g/mol. The Bertz CT molecular complexity index is 617. The van der Waals surface area contributed by atoms with E-state index in [4.69, 9.17) is 9.47 Å². The van der Waals surface area contributed by atoms with Crippen molar-refractivity contribution in [2.24, 2.45) is 0 Å². The highest BCUT2D eigenvalue weighted by atomic mass is 79.9. The molecule has 2 aromatic carbocycles. The first-order valence-electron chi connectivity index (χ1n) is 7.00. The number of hydrogen-bond donors (Lipinski definition) is 1. The molecule has 0 aliphatic carbocycles. The molecule has 0 atom stereocenters. The largest absolute Gasteiger partial charge is 0.493 e. The fourth-order valence-electron chi connectivity index (χ4n) is 2.23. The van der Waals surface area contributed by atoms with E-state index in [1.165, 1.54) is 12.1 Å². The van der Waals surface area contributed by atoms with E-state index in [-0.39, 0.29) is 5.82 Å². The van der Waals surface area contributed by atoms with Gasteiger partial charge in [-0.05, 0) is 42.8 Å². The van der Waals surface area contributed by atoms with Crippen LogP contribution in [0.5, 0.6) is 11.5 Å². The molecule has 0 unspecified atom stereocenters. The zero-order valence-corrected chi connectivity index (χ0v) is 14.2. The smallest absolute Gasteiger partial charge is 0.166 e. The third-order valence-corrected chi connectivity index (χ3v) is 4.14. The van der Waals surface area contributed by atoms with Crippen molar-refractivity contribution in [3.8, 4) is 11.5 Å². The number of methoxy groups -OCH3 is 2. The van der Waals surface area contributed by atoms with E-state index in [1.807, 2.05) is 12.1 Å². The van der Waals surface area contributed by atoms with Gasteiger partial charge in [-0.15, -0.1) is 0 Å². The second-order valence-electron chi connectivity index (χ2n) is 4.81. The second kappa shape index (κ2) is 8.15. The van der Waals surface area contributed by atoms with Gasteiger partial charge in [0, 0.05) is 16.6 Å². The van der Waals surface area contributed by atoms with Crippen molar-refractivity contribution in [1.29, 1.82) is 0 Å². The molecule has 3 nitrogen and oxygen atoms in total. The molecule has 0 radical (unpaired) electrons. The Kier molecular flexibility index (Phi) is 6.21. The van der Waals surface area contributed by atoms with Gasteiger partial charge in [0.05, 0.1) is 14.2 Å². The zero-order valence-electron chi connectivity index (χ0n) is 12.7. The first-order chi connectivity index (χ1) is 10.7. The van der Waals surface area contributed by atoms with E-state index < -0.39 is 0 Å². The summed E-state index contributed by atoms with van der Waals surface area (Å²) in [4.78, 5) is 0. The molecule has 2 aromatic rings. The number of nitrogens with one attached hydrogen (secondary N) is 1. The molecule has 0 aliphatic heterocycles. The van der Waals surface area contributed by atoms with Crippen LogP contribution >= 0.6 is 15.9 Å². The number of benzene rings is 2. The molecule has 0 aromatic heterocycles. The maximum absolute atomic E-state index is 12.8. The Morgan fingerprint density at radius 3 is 2.41 bits per heavy atom. The van der Waals surface area contributed by atoms with Crippen molar-refractivity contribution in [2.75, 3.05) is 20.8 Å². The zero-order chi connectivity index (χ0) is 15.9. The monoisotopic (exact) mass is 367 g/mol. The maximum Gasteiger partial charge on any atom is 0.166 e. The number of ether oxygens (including phenoxy) is 2. The molecule has 0 fully saturated rings. The van der Waals surface area contributed by atoms with Gasteiger partial charge in [0.1, 0.15) is 5.82 Å². The lowest BCUT2D eigenvalue weighted by molar-refractivity contribution is 0.350. The van der Waals surface area contributed by atoms with Crippen molar-refractivity contribution in [1.82, 2.24) is 5.32 Å². The Hall–Kier alpha value is -1.59. The van der Waals surface area contributed by atoms with Crippen LogP contribution in [0.15, 0.2) is 40.9 Å². The molecule has 0 saturated heterocycles. The van der Waals surface area contributed by atoms with Crippen LogP contribution in [-0.4, -0.2) is 20.8 Å². The third kappa shape index (κ3) is 4.21. The summed E-state index contributed by atoms with van der Waals surface area (Å²) < 4.78 is 24.6. The summed E-state index contributed by atoms with van der Waals surface area (Å²) in [6, 6.07) is 10.4. The first kappa shape index (κ1) is 16.8. The average molecular weight is 368 g/mol. The Morgan fingerprint density at radius 2 is 1.77 bits per heavy atom.